The molecule has 2 aromatic carbocycles. The molecule has 0 unspecified atom stereocenters. The highest BCUT2D eigenvalue weighted by molar-refractivity contribution is 9.10. The maximum Gasteiger partial charge on any atom is 0.229 e. The standard InChI is InChI=1S/C16H15BrN2O3S/c1-11-3-9-15(10-4-11)23(21,22)16(12(2)20)19-18-14-7-5-13(17)6-8-14/h3-10,18H,1-2H3/b19-16-. The SMILES string of the molecule is CC(=O)/C(=N/Nc1ccc(Br)cc1)S(=O)(=O)c1ccc(C)cc1. The van der Waals surface area contributed by atoms with Gasteiger partial charge in [0.25, 0.3) is 0 Å². The minimum atomic E-state index is -3.97. The van der Waals surface area contributed by atoms with Crippen molar-refractivity contribution in [2.75, 3.05) is 5.43 Å². The van der Waals surface area contributed by atoms with Gasteiger partial charge in [-0.05, 0) is 43.3 Å². The second-order valence-electron chi connectivity index (χ2n) is 4.91. The Morgan fingerprint density at radius 1 is 1.04 bits per heavy atom. The summed E-state index contributed by atoms with van der Waals surface area (Å²) in [6.45, 7) is 3.03. The minimum absolute atomic E-state index is 0.0367. The van der Waals surface area contributed by atoms with Crippen molar-refractivity contribution >= 4 is 42.3 Å². The second kappa shape index (κ2) is 7.06. The molecule has 23 heavy (non-hydrogen) atoms. The summed E-state index contributed by atoms with van der Waals surface area (Å²) in [6, 6.07) is 13.2. The Hall–Kier alpha value is -1.99. The highest BCUT2D eigenvalue weighted by Crippen LogP contribution is 2.17. The molecule has 1 N–H and O–H groups in total. The summed E-state index contributed by atoms with van der Waals surface area (Å²) in [5.41, 5.74) is 4.11. The number of benzene rings is 2. The van der Waals surface area contributed by atoms with Gasteiger partial charge in [-0.3, -0.25) is 10.2 Å². The number of sulfone groups is 1. The van der Waals surface area contributed by atoms with Crippen molar-refractivity contribution in [2.45, 2.75) is 18.7 Å². The Balaban J connectivity index is 2.37. The minimum Gasteiger partial charge on any atom is -0.292 e. The first-order valence-corrected chi connectivity index (χ1v) is 9.00. The number of anilines is 1. The fraction of sp³-hybridized carbons (Fsp3) is 0.125. The lowest BCUT2D eigenvalue weighted by molar-refractivity contribution is -0.110. The normalized spacial score (nSPS) is 12.0. The summed E-state index contributed by atoms with van der Waals surface area (Å²) >= 11 is 3.30. The summed E-state index contributed by atoms with van der Waals surface area (Å²) in [7, 11) is -3.97. The number of carbonyl (C=O) groups is 1. The van der Waals surface area contributed by atoms with E-state index in [1.54, 1.807) is 36.4 Å². The summed E-state index contributed by atoms with van der Waals surface area (Å²) in [6.07, 6.45) is 0. The summed E-state index contributed by atoms with van der Waals surface area (Å²) < 4.78 is 26.0. The van der Waals surface area contributed by atoms with Gasteiger partial charge in [0.15, 0.2) is 5.78 Å². The Bertz CT molecular complexity index is 842. The van der Waals surface area contributed by atoms with Crippen molar-refractivity contribution in [2.24, 2.45) is 5.10 Å². The molecule has 0 saturated carbocycles. The van der Waals surface area contributed by atoms with Crippen LogP contribution in [-0.2, 0) is 14.6 Å². The molecule has 0 saturated heterocycles. The van der Waals surface area contributed by atoms with Gasteiger partial charge < -0.3 is 0 Å². The fourth-order valence-electron chi connectivity index (χ4n) is 1.80. The van der Waals surface area contributed by atoms with Crippen LogP contribution in [0.3, 0.4) is 0 Å². The highest BCUT2D eigenvalue weighted by atomic mass is 79.9. The number of aryl methyl sites for hydroxylation is 1. The number of rotatable bonds is 4. The summed E-state index contributed by atoms with van der Waals surface area (Å²) in [5.74, 6) is -0.629. The van der Waals surface area contributed by atoms with E-state index in [1.165, 1.54) is 19.1 Å². The molecule has 2 rings (SSSR count). The molecule has 0 aromatic heterocycles. The van der Waals surface area contributed by atoms with Crippen LogP contribution in [0.4, 0.5) is 5.69 Å². The van der Waals surface area contributed by atoms with E-state index in [2.05, 4.69) is 26.5 Å². The second-order valence-corrected chi connectivity index (χ2v) is 7.69. The van der Waals surface area contributed by atoms with Crippen molar-refractivity contribution in [3.63, 3.8) is 0 Å². The van der Waals surface area contributed by atoms with E-state index >= 15 is 0 Å². The van der Waals surface area contributed by atoms with Crippen LogP contribution in [0.5, 0.6) is 0 Å². The smallest absolute Gasteiger partial charge is 0.229 e. The van der Waals surface area contributed by atoms with Crippen LogP contribution in [0.1, 0.15) is 12.5 Å². The van der Waals surface area contributed by atoms with E-state index in [1.807, 2.05) is 6.92 Å². The van der Waals surface area contributed by atoms with Gasteiger partial charge in [-0.2, -0.15) is 5.10 Å². The molecule has 0 heterocycles. The number of hydrazone groups is 1. The van der Waals surface area contributed by atoms with Crippen molar-refractivity contribution in [3.8, 4) is 0 Å². The third-order valence-electron chi connectivity index (χ3n) is 3.02. The first kappa shape index (κ1) is 17.4. The van der Waals surface area contributed by atoms with Crippen molar-refractivity contribution in [3.05, 3.63) is 58.6 Å². The maximum absolute atomic E-state index is 12.6. The lowest BCUT2D eigenvalue weighted by Gasteiger charge is -2.07. The maximum atomic E-state index is 12.6. The summed E-state index contributed by atoms with van der Waals surface area (Å²) in [5, 5.41) is 3.28. The molecular weight excluding hydrogens is 380 g/mol. The molecule has 0 spiro atoms. The molecule has 0 bridgehead atoms. The Morgan fingerprint density at radius 2 is 1.61 bits per heavy atom. The van der Waals surface area contributed by atoms with Gasteiger partial charge in [0.2, 0.25) is 14.9 Å². The number of ketones is 1. The van der Waals surface area contributed by atoms with Crippen LogP contribution in [0.15, 0.2) is 63.0 Å². The predicted molar refractivity (Wildman–Crippen MR) is 94.2 cm³/mol. The van der Waals surface area contributed by atoms with Crippen LogP contribution in [0, 0.1) is 6.92 Å². The quantitative estimate of drug-likeness (QED) is 0.488. The van der Waals surface area contributed by atoms with E-state index in [0.717, 1.165) is 10.0 Å². The van der Waals surface area contributed by atoms with Crippen molar-refractivity contribution in [1.82, 2.24) is 0 Å². The number of hydrogen-bond donors (Lipinski definition) is 1. The lowest BCUT2D eigenvalue weighted by atomic mass is 10.2. The van der Waals surface area contributed by atoms with Gasteiger partial charge in [0, 0.05) is 11.4 Å². The number of carbonyl (C=O) groups excluding carboxylic acids is 1. The van der Waals surface area contributed by atoms with Crippen LogP contribution in [-0.4, -0.2) is 19.2 Å². The first-order valence-electron chi connectivity index (χ1n) is 6.72. The third kappa shape index (κ3) is 4.27. The van der Waals surface area contributed by atoms with Gasteiger partial charge >= 0.3 is 0 Å². The van der Waals surface area contributed by atoms with Crippen LogP contribution >= 0.6 is 15.9 Å². The fourth-order valence-corrected chi connectivity index (χ4v) is 3.32. The summed E-state index contributed by atoms with van der Waals surface area (Å²) in [4.78, 5) is 11.8. The molecule has 7 heteroatoms. The van der Waals surface area contributed by atoms with Gasteiger partial charge in [-0.25, -0.2) is 8.42 Å². The van der Waals surface area contributed by atoms with E-state index in [0.29, 0.717) is 5.69 Å². The number of hydrogen-bond acceptors (Lipinski definition) is 5. The molecule has 120 valence electrons. The predicted octanol–water partition coefficient (Wildman–Crippen LogP) is 3.55. The molecule has 0 aliphatic rings. The van der Waals surface area contributed by atoms with E-state index in [-0.39, 0.29) is 4.90 Å². The van der Waals surface area contributed by atoms with Gasteiger partial charge in [-0.1, -0.05) is 33.6 Å². The molecule has 0 atom stereocenters. The molecular formula is C16H15BrN2O3S. The Labute approximate surface area is 143 Å². The number of Topliss-reactive ketones (excluding diaryl/α,β-unsaturated/α-hetero) is 1. The molecule has 0 aliphatic heterocycles. The zero-order chi connectivity index (χ0) is 17.0. The van der Waals surface area contributed by atoms with Crippen LogP contribution in [0.2, 0.25) is 0 Å². The highest BCUT2D eigenvalue weighted by Gasteiger charge is 2.26. The number of halogens is 1. The van der Waals surface area contributed by atoms with Gasteiger partial charge in [-0.15, -0.1) is 0 Å². The Kier molecular flexibility index (Phi) is 5.33. The van der Waals surface area contributed by atoms with Crippen molar-refractivity contribution < 1.29 is 13.2 Å². The number of nitrogens with one attached hydrogen (secondary N) is 1. The van der Waals surface area contributed by atoms with E-state index < -0.39 is 20.7 Å². The molecule has 0 aliphatic carbocycles. The third-order valence-corrected chi connectivity index (χ3v) is 5.33. The zero-order valence-electron chi connectivity index (χ0n) is 12.6. The average Bonchev–Trinajstić information content (AvgIpc) is 2.49. The molecule has 2 aromatic rings. The molecule has 0 amide bonds. The number of nitrogens with zero attached hydrogens (tertiary/aromatic N) is 1. The largest absolute Gasteiger partial charge is 0.292 e. The zero-order valence-corrected chi connectivity index (χ0v) is 15.0. The molecule has 0 radical (unpaired) electrons. The topological polar surface area (TPSA) is 75.6 Å². The average molecular weight is 395 g/mol. The lowest BCUT2D eigenvalue weighted by Crippen LogP contribution is -2.24. The Morgan fingerprint density at radius 3 is 2.13 bits per heavy atom. The molecule has 5 nitrogen and oxygen atoms in total. The van der Waals surface area contributed by atoms with Crippen molar-refractivity contribution in [1.29, 1.82) is 0 Å². The van der Waals surface area contributed by atoms with Gasteiger partial charge in [0.1, 0.15) is 0 Å². The first-order chi connectivity index (χ1) is 10.8. The van der Waals surface area contributed by atoms with E-state index in [4.69, 9.17) is 0 Å². The van der Waals surface area contributed by atoms with Crippen LogP contribution < -0.4 is 5.43 Å². The molecule has 0 fully saturated rings. The van der Waals surface area contributed by atoms with E-state index in [9.17, 15) is 13.2 Å². The van der Waals surface area contributed by atoms with Crippen LogP contribution in [0.25, 0.3) is 0 Å². The monoisotopic (exact) mass is 394 g/mol. The van der Waals surface area contributed by atoms with Gasteiger partial charge in [0.05, 0.1) is 10.6 Å².